The summed E-state index contributed by atoms with van der Waals surface area (Å²) >= 11 is 0. The van der Waals surface area contributed by atoms with Crippen LogP contribution in [0.4, 0.5) is 32.0 Å². The molecule has 3 aromatic carbocycles. The van der Waals surface area contributed by atoms with Crippen molar-refractivity contribution >= 4 is 17.4 Å². The molecule has 0 spiro atoms. The molecule has 3 atom stereocenters. The number of alkyl halides is 6. The summed E-state index contributed by atoms with van der Waals surface area (Å²) in [4.78, 5) is 26.5. The van der Waals surface area contributed by atoms with E-state index in [1.807, 2.05) is 6.07 Å². The molecule has 234 valence electrons. The molecule has 2 aliphatic rings. The van der Waals surface area contributed by atoms with Gasteiger partial charge in [0.05, 0.1) is 11.1 Å². The summed E-state index contributed by atoms with van der Waals surface area (Å²) in [6.45, 7) is 0. The van der Waals surface area contributed by atoms with Gasteiger partial charge < -0.3 is 5.32 Å². The number of benzene rings is 3. The fourth-order valence-corrected chi connectivity index (χ4v) is 6.85. The van der Waals surface area contributed by atoms with Crippen molar-refractivity contribution in [1.29, 1.82) is 0 Å². The number of rotatable bonds is 7. The van der Waals surface area contributed by atoms with Gasteiger partial charge in [0.2, 0.25) is 0 Å². The highest BCUT2D eigenvalue weighted by Gasteiger charge is 2.37. The molecule has 0 aliphatic heterocycles. The van der Waals surface area contributed by atoms with E-state index < -0.39 is 35.1 Å². The van der Waals surface area contributed by atoms with Gasteiger partial charge in [-0.15, -0.1) is 0 Å². The molecular formula is C35H35F6NO2. The first kappa shape index (κ1) is 31.8. The van der Waals surface area contributed by atoms with Crippen molar-refractivity contribution in [2.45, 2.75) is 82.5 Å². The number of Topliss-reactive ketones (excluding diaryl/α,β-unsaturated/α-hetero) is 1. The Hall–Kier alpha value is -3.62. The second-order valence-corrected chi connectivity index (χ2v) is 12.1. The van der Waals surface area contributed by atoms with Gasteiger partial charge in [0.25, 0.3) is 5.91 Å². The van der Waals surface area contributed by atoms with E-state index in [9.17, 15) is 35.9 Å². The predicted octanol–water partition coefficient (Wildman–Crippen LogP) is 10.3. The maximum atomic E-state index is 13.4. The number of halogens is 6. The van der Waals surface area contributed by atoms with Crippen LogP contribution < -0.4 is 5.32 Å². The fraction of sp³-hybridized carbons (Fsp3) is 0.429. The Bertz CT molecular complexity index is 1450. The van der Waals surface area contributed by atoms with E-state index in [2.05, 4.69) is 29.6 Å². The number of ketones is 1. The largest absolute Gasteiger partial charge is 0.416 e. The number of anilines is 1. The molecule has 1 amide bonds. The molecule has 0 heterocycles. The van der Waals surface area contributed by atoms with Crippen molar-refractivity contribution in [2.75, 3.05) is 5.32 Å². The van der Waals surface area contributed by atoms with Crippen molar-refractivity contribution in [1.82, 2.24) is 0 Å². The van der Waals surface area contributed by atoms with Gasteiger partial charge in [0.15, 0.2) is 5.78 Å². The van der Waals surface area contributed by atoms with Crippen LogP contribution >= 0.6 is 0 Å². The molecule has 5 rings (SSSR count). The van der Waals surface area contributed by atoms with E-state index >= 15 is 0 Å². The van der Waals surface area contributed by atoms with Gasteiger partial charge >= 0.3 is 12.4 Å². The zero-order valence-corrected chi connectivity index (χ0v) is 24.2. The van der Waals surface area contributed by atoms with Gasteiger partial charge in [0.1, 0.15) is 0 Å². The van der Waals surface area contributed by atoms with Gasteiger partial charge in [-0.3, -0.25) is 9.59 Å². The van der Waals surface area contributed by atoms with Crippen LogP contribution in [0.25, 0.3) is 0 Å². The Labute approximate surface area is 253 Å². The average molecular weight is 616 g/mol. The average Bonchev–Trinajstić information content (AvgIpc) is 3.23. The molecule has 9 heteroatoms. The zero-order valence-electron chi connectivity index (χ0n) is 24.2. The van der Waals surface area contributed by atoms with Crippen LogP contribution in [0.2, 0.25) is 0 Å². The van der Waals surface area contributed by atoms with Crippen LogP contribution in [0.1, 0.15) is 107 Å². The molecule has 2 aliphatic carbocycles. The lowest BCUT2D eigenvalue weighted by molar-refractivity contribution is -0.143. The second kappa shape index (κ2) is 13.2. The molecule has 1 fully saturated rings. The van der Waals surface area contributed by atoms with E-state index in [0.29, 0.717) is 47.9 Å². The lowest BCUT2D eigenvalue weighted by Gasteiger charge is -2.25. The van der Waals surface area contributed by atoms with Gasteiger partial charge in [-0.2, -0.15) is 26.3 Å². The highest BCUT2D eigenvalue weighted by molar-refractivity contribution is 6.09. The first-order chi connectivity index (χ1) is 20.9. The summed E-state index contributed by atoms with van der Waals surface area (Å²) in [6, 6.07) is 16.2. The Kier molecular flexibility index (Phi) is 9.51. The van der Waals surface area contributed by atoms with Crippen molar-refractivity contribution in [3.63, 3.8) is 0 Å². The predicted molar refractivity (Wildman–Crippen MR) is 157 cm³/mol. The molecule has 0 radical (unpaired) electrons. The standard InChI is InChI=1S/C35H35F6NO2/c36-34(37,38)26-19-27(35(39,40)41)21-28(20-26)42-33(44)31-14-6-13-30-29(31)18-17-25(32(30)43)12-5-8-22-7-4-11-24(16-15-22)23-9-2-1-3-10-23/h1-3,6,9-10,13-14,19-22,24-25H,4-5,7-8,11-12,15-18H2,(H,42,44). The van der Waals surface area contributed by atoms with E-state index in [-0.39, 0.29) is 23.3 Å². The molecule has 1 N–H and O–H groups in total. The lowest BCUT2D eigenvalue weighted by Crippen LogP contribution is -2.26. The molecule has 3 aromatic rings. The molecular weight excluding hydrogens is 580 g/mol. The summed E-state index contributed by atoms with van der Waals surface area (Å²) in [6.07, 6.45) is -0.410. The zero-order chi connectivity index (χ0) is 31.5. The van der Waals surface area contributed by atoms with Crippen LogP contribution in [-0.2, 0) is 18.8 Å². The maximum Gasteiger partial charge on any atom is 0.416 e. The summed E-state index contributed by atoms with van der Waals surface area (Å²) < 4.78 is 79.7. The Morgan fingerprint density at radius 1 is 0.773 bits per heavy atom. The number of nitrogens with one attached hydrogen (secondary N) is 1. The third-order valence-corrected chi connectivity index (χ3v) is 9.17. The highest BCUT2D eigenvalue weighted by Crippen LogP contribution is 2.39. The summed E-state index contributed by atoms with van der Waals surface area (Å²) in [5.41, 5.74) is -1.30. The lowest BCUT2D eigenvalue weighted by atomic mass is 9.78. The quantitative estimate of drug-likeness (QED) is 0.212. The van der Waals surface area contributed by atoms with E-state index in [0.717, 1.165) is 19.3 Å². The smallest absolute Gasteiger partial charge is 0.322 e. The molecule has 3 unspecified atom stereocenters. The second-order valence-electron chi connectivity index (χ2n) is 12.1. The SMILES string of the molecule is O=C(Nc1cc(C(F)(F)F)cc(C(F)(F)F)c1)c1cccc2c1CCC(CCCC1CCCC(c3ccccc3)CC1)C2=O. The third kappa shape index (κ3) is 7.53. The molecule has 0 saturated heterocycles. The fourth-order valence-electron chi connectivity index (χ4n) is 6.85. The van der Waals surface area contributed by atoms with Crippen molar-refractivity contribution in [3.05, 3.63) is 100 Å². The third-order valence-electron chi connectivity index (χ3n) is 9.17. The van der Waals surface area contributed by atoms with Crippen LogP contribution in [0.5, 0.6) is 0 Å². The van der Waals surface area contributed by atoms with Crippen LogP contribution in [-0.4, -0.2) is 11.7 Å². The highest BCUT2D eigenvalue weighted by atomic mass is 19.4. The van der Waals surface area contributed by atoms with Crippen molar-refractivity contribution in [2.24, 2.45) is 11.8 Å². The Morgan fingerprint density at radius 3 is 2.16 bits per heavy atom. The number of hydrogen-bond donors (Lipinski definition) is 1. The van der Waals surface area contributed by atoms with Gasteiger partial charge in [-0.1, -0.05) is 68.1 Å². The van der Waals surface area contributed by atoms with E-state index in [4.69, 9.17) is 0 Å². The summed E-state index contributed by atoms with van der Waals surface area (Å²) in [5, 5.41) is 2.20. The van der Waals surface area contributed by atoms with Crippen LogP contribution in [0.15, 0.2) is 66.7 Å². The van der Waals surface area contributed by atoms with Gasteiger partial charge in [-0.05, 0) is 85.8 Å². The van der Waals surface area contributed by atoms with Crippen LogP contribution in [0.3, 0.4) is 0 Å². The minimum absolute atomic E-state index is 0.0100. The minimum Gasteiger partial charge on any atom is -0.322 e. The molecule has 3 nitrogen and oxygen atoms in total. The number of amides is 1. The van der Waals surface area contributed by atoms with E-state index in [1.165, 1.54) is 49.8 Å². The normalized spacial score (nSPS) is 21.0. The molecule has 0 bridgehead atoms. The van der Waals surface area contributed by atoms with Crippen LogP contribution in [0, 0.1) is 11.8 Å². The Morgan fingerprint density at radius 2 is 1.48 bits per heavy atom. The summed E-state index contributed by atoms with van der Waals surface area (Å²) in [5.74, 6) is 0.136. The molecule has 44 heavy (non-hydrogen) atoms. The minimum atomic E-state index is -5.03. The van der Waals surface area contributed by atoms with Gasteiger partial charge in [-0.25, -0.2) is 0 Å². The maximum absolute atomic E-state index is 13.4. The van der Waals surface area contributed by atoms with Crippen molar-refractivity contribution < 1.29 is 35.9 Å². The van der Waals surface area contributed by atoms with E-state index in [1.54, 1.807) is 6.07 Å². The van der Waals surface area contributed by atoms with Gasteiger partial charge in [0, 0.05) is 22.7 Å². The Balaban J connectivity index is 1.21. The number of hydrogen-bond acceptors (Lipinski definition) is 2. The number of carbonyl (C=O) groups excluding carboxylic acids is 2. The molecule has 1 saturated carbocycles. The first-order valence-electron chi connectivity index (χ1n) is 15.2. The topological polar surface area (TPSA) is 46.2 Å². The molecule has 0 aromatic heterocycles. The number of carbonyl (C=O) groups is 2. The number of fused-ring (bicyclic) bond motifs is 1. The summed E-state index contributed by atoms with van der Waals surface area (Å²) in [7, 11) is 0. The van der Waals surface area contributed by atoms with Crippen molar-refractivity contribution in [3.8, 4) is 0 Å². The monoisotopic (exact) mass is 615 g/mol. The first-order valence-corrected chi connectivity index (χ1v) is 15.2.